The molecule has 0 radical (unpaired) electrons. The van der Waals surface area contributed by atoms with Gasteiger partial charge in [-0.2, -0.15) is 0 Å². The van der Waals surface area contributed by atoms with Crippen molar-refractivity contribution in [1.82, 2.24) is 0 Å². The molecule has 0 N–H and O–H groups in total. The molecule has 6 nitrogen and oxygen atoms in total. The maximum atomic E-state index is 13.1. The molecule has 1 atom stereocenters. The number of para-hydroxylation sites is 1. The Morgan fingerprint density at radius 1 is 1.17 bits per heavy atom. The van der Waals surface area contributed by atoms with Crippen molar-refractivity contribution >= 4 is 51.9 Å². The Hall–Kier alpha value is -2.90. The zero-order valence-corrected chi connectivity index (χ0v) is 16.9. The summed E-state index contributed by atoms with van der Waals surface area (Å²) in [5.41, 5.74) is 1.47. The van der Waals surface area contributed by atoms with Gasteiger partial charge < -0.3 is 4.74 Å². The molecule has 2 aromatic rings. The molecular formula is C21H15ClN2O4S. The van der Waals surface area contributed by atoms with Gasteiger partial charge in [0.15, 0.2) is 0 Å². The highest BCUT2D eigenvalue weighted by atomic mass is 35.5. The van der Waals surface area contributed by atoms with Gasteiger partial charge in [-0.3, -0.25) is 9.59 Å². The molecule has 1 fully saturated rings. The lowest BCUT2D eigenvalue weighted by Gasteiger charge is -2.17. The summed E-state index contributed by atoms with van der Waals surface area (Å²) in [6.45, 7) is 1.88. The molecule has 1 saturated heterocycles. The van der Waals surface area contributed by atoms with E-state index < -0.39 is 23.0 Å². The van der Waals surface area contributed by atoms with E-state index in [9.17, 15) is 14.4 Å². The number of carbonyl (C=O) groups is 3. The first-order chi connectivity index (χ1) is 14.0. The van der Waals surface area contributed by atoms with Crippen LogP contribution in [0.2, 0.25) is 5.02 Å². The van der Waals surface area contributed by atoms with Crippen LogP contribution in [-0.2, 0) is 14.3 Å². The number of carbonyl (C=O) groups excluding carboxylic acids is 3. The Kier molecular flexibility index (Phi) is 5.25. The van der Waals surface area contributed by atoms with Crippen molar-refractivity contribution < 1.29 is 19.1 Å². The number of rotatable bonds is 4. The summed E-state index contributed by atoms with van der Waals surface area (Å²) in [7, 11) is 0. The maximum Gasteiger partial charge on any atom is 0.340 e. The van der Waals surface area contributed by atoms with E-state index in [0.29, 0.717) is 10.1 Å². The van der Waals surface area contributed by atoms with E-state index in [1.807, 2.05) is 12.1 Å². The second kappa shape index (κ2) is 7.85. The first-order valence-electron chi connectivity index (χ1n) is 8.86. The molecule has 1 unspecified atom stereocenters. The van der Waals surface area contributed by atoms with Gasteiger partial charge in [-0.1, -0.05) is 47.6 Å². The third-order valence-corrected chi connectivity index (χ3v) is 5.97. The van der Waals surface area contributed by atoms with Crippen LogP contribution in [0.3, 0.4) is 0 Å². The summed E-state index contributed by atoms with van der Waals surface area (Å²) in [5.74, 6) is -1.48. The molecule has 2 aliphatic heterocycles. The van der Waals surface area contributed by atoms with Crippen molar-refractivity contribution in [3.05, 3.63) is 76.5 Å². The van der Waals surface area contributed by atoms with Gasteiger partial charge in [0, 0.05) is 16.8 Å². The average Bonchev–Trinajstić information content (AvgIpc) is 2.98. The molecule has 0 aromatic heterocycles. The topological polar surface area (TPSA) is 76.0 Å². The van der Waals surface area contributed by atoms with Gasteiger partial charge in [0.05, 0.1) is 23.4 Å². The van der Waals surface area contributed by atoms with Crippen LogP contribution in [0.5, 0.6) is 0 Å². The van der Waals surface area contributed by atoms with E-state index in [1.54, 1.807) is 37.3 Å². The predicted molar refractivity (Wildman–Crippen MR) is 112 cm³/mol. The fourth-order valence-corrected chi connectivity index (χ4v) is 4.34. The van der Waals surface area contributed by atoms with Crippen molar-refractivity contribution in [2.75, 3.05) is 11.5 Å². The van der Waals surface area contributed by atoms with Crippen LogP contribution in [-0.4, -0.2) is 34.7 Å². The third kappa shape index (κ3) is 3.47. The average molecular weight is 427 g/mol. The molecule has 2 amide bonds. The molecule has 0 bridgehead atoms. The summed E-state index contributed by atoms with van der Waals surface area (Å²) in [6.07, 6.45) is 1.43. The van der Waals surface area contributed by atoms with Crippen molar-refractivity contribution in [2.45, 2.75) is 12.2 Å². The van der Waals surface area contributed by atoms with Gasteiger partial charge >= 0.3 is 5.97 Å². The number of thioether (sulfide) groups is 1. The fraction of sp³-hybridized carbons (Fsp3) is 0.143. The lowest BCUT2D eigenvalue weighted by atomic mass is 10.1. The number of anilines is 1. The number of ether oxygens (including phenoxy) is 1. The van der Waals surface area contributed by atoms with Gasteiger partial charge in [0.1, 0.15) is 10.3 Å². The summed E-state index contributed by atoms with van der Waals surface area (Å²) in [4.78, 5) is 43.8. The quantitative estimate of drug-likeness (QED) is 0.548. The Morgan fingerprint density at radius 2 is 1.90 bits per heavy atom. The second-order valence-electron chi connectivity index (χ2n) is 6.24. The SMILES string of the molecule is CCOC(=O)c1ccccc1N1C(=O)C2=CN=C(c3ccc(Cl)cc3)SC2C1=O. The van der Waals surface area contributed by atoms with Crippen LogP contribution in [0.4, 0.5) is 5.69 Å². The van der Waals surface area contributed by atoms with Crippen LogP contribution in [0.15, 0.2) is 65.3 Å². The van der Waals surface area contributed by atoms with Crippen molar-refractivity contribution in [3.63, 3.8) is 0 Å². The maximum absolute atomic E-state index is 13.1. The molecule has 4 rings (SSSR count). The molecule has 2 heterocycles. The molecule has 29 heavy (non-hydrogen) atoms. The van der Waals surface area contributed by atoms with Crippen molar-refractivity contribution in [2.24, 2.45) is 4.99 Å². The van der Waals surface area contributed by atoms with Gasteiger partial charge in [-0.25, -0.2) is 14.7 Å². The fourth-order valence-electron chi connectivity index (χ4n) is 3.11. The van der Waals surface area contributed by atoms with E-state index in [-0.39, 0.29) is 23.4 Å². The highest BCUT2D eigenvalue weighted by molar-refractivity contribution is 8.15. The number of hydrogen-bond donors (Lipinski definition) is 0. The number of halogens is 1. The zero-order chi connectivity index (χ0) is 20.5. The standard InChI is InChI=1S/C21H15ClN2O4S/c1-2-28-21(27)14-5-3-4-6-16(14)24-19(25)15-11-23-18(29-17(15)20(24)26)12-7-9-13(22)10-8-12/h3-11,17H,2H2,1H3. The second-order valence-corrected chi connectivity index (χ2v) is 7.77. The summed E-state index contributed by atoms with van der Waals surface area (Å²) in [5, 5.41) is 0.498. The normalized spacial score (nSPS) is 18.3. The van der Waals surface area contributed by atoms with Gasteiger partial charge in [-0.05, 0) is 31.2 Å². The molecule has 2 aromatic carbocycles. The van der Waals surface area contributed by atoms with Crippen LogP contribution < -0.4 is 4.90 Å². The van der Waals surface area contributed by atoms with Crippen LogP contribution >= 0.6 is 23.4 Å². The van der Waals surface area contributed by atoms with Crippen LogP contribution in [0.25, 0.3) is 0 Å². The Labute approximate surface area is 176 Å². The van der Waals surface area contributed by atoms with Gasteiger partial charge in [-0.15, -0.1) is 0 Å². The Morgan fingerprint density at radius 3 is 2.62 bits per heavy atom. The van der Waals surface area contributed by atoms with Crippen LogP contribution in [0.1, 0.15) is 22.8 Å². The third-order valence-electron chi connectivity index (χ3n) is 4.46. The molecule has 146 valence electrons. The lowest BCUT2D eigenvalue weighted by molar-refractivity contribution is -0.120. The van der Waals surface area contributed by atoms with E-state index >= 15 is 0 Å². The number of aliphatic imine (C=N–C) groups is 1. The Balaban J connectivity index is 1.67. The smallest absolute Gasteiger partial charge is 0.340 e. The number of fused-ring (bicyclic) bond motifs is 1. The van der Waals surface area contributed by atoms with Gasteiger partial charge in [0.25, 0.3) is 11.8 Å². The number of hydrogen-bond acceptors (Lipinski definition) is 6. The van der Waals surface area contributed by atoms with Gasteiger partial charge in [0.2, 0.25) is 0 Å². The minimum atomic E-state index is -0.721. The number of benzene rings is 2. The lowest BCUT2D eigenvalue weighted by Crippen LogP contribution is -2.33. The van der Waals surface area contributed by atoms with Crippen LogP contribution in [0, 0.1) is 0 Å². The van der Waals surface area contributed by atoms with Crippen molar-refractivity contribution in [1.29, 1.82) is 0 Å². The monoisotopic (exact) mass is 426 g/mol. The highest BCUT2D eigenvalue weighted by Gasteiger charge is 2.47. The molecular weight excluding hydrogens is 412 g/mol. The number of esters is 1. The molecule has 0 saturated carbocycles. The summed E-state index contributed by atoms with van der Waals surface area (Å²) in [6, 6.07) is 13.5. The first kappa shape index (κ1) is 19.4. The summed E-state index contributed by atoms with van der Waals surface area (Å²) < 4.78 is 5.06. The van der Waals surface area contributed by atoms with E-state index in [2.05, 4.69) is 4.99 Å². The minimum absolute atomic E-state index is 0.166. The highest BCUT2D eigenvalue weighted by Crippen LogP contribution is 2.39. The predicted octanol–water partition coefficient (Wildman–Crippen LogP) is 3.84. The minimum Gasteiger partial charge on any atom is -0.462 e. The first-order valence-corrected chi connectivity index (χ1v) is 10.1. The molecule has 2 aliphatic rings. The van der Waals surface area contributed by atoms with E-state index in [4.69, 9.17) is 16.3 Å². The number of nitrogens with zero attached hydrogens (tertiary/aromatic N) is 2. The molecule has 0 spiro atoms. The zero-order valence-electron chi connectivity index (χ0n) is 15.3. The molecule has 8 heteroatoms. The van der Waals surface area contributed by atoms with Crippen molar-refractivity contribution in [3.8, 4) is 0 Å². The largest absolute Gasteiger partial charge is 0.462 e. The summed E-state index contributed by atoms with van der Waals surface area (Å²) >= 11 is 7.14. The number of amides is 2. The van der Waals surface area contributed by atoms with E-state index in [1.165, 1.54) is 24.0 Å². The number of imide groups is 1. The Bertz CT molecular complexity index is 1080. The molecule has 0 aliphatic carbocycles. The van der Waals surface area contributed by atoms with E-state index in [0.717, 1.165) is 10.5 Å².